The van der Waals surface area contributed by atoms with Crippen LogP contribution in [0.4, 0.5) is 0 Å². The van der Waals surface area contributed by atoms with E-state index >= 15 is 0 Å². The van der Waals surface area contributed by atoms with Crippen LogP contribution in [0.3, 0.4) is 0 Å². The van der Waals surface area contributed by atoms with Crippen LogP contribution in [-0.2, 0) is 18.4 Å². The van der Waals surface area contributed by atoms with E-state index in [1.54, 1.807) is 0 Å². The maximum atomic E-state index is 13.5. The highest BCUT2D eigenvalue weighted by molar-refractivity contribution is 6.74. The van der Waals surface area contributed by atoms with Crippen LogP contribution in [0.5, 0.6) is 0 Å². The van der Waals surface area contributed by atoms with Gasteiger partial charge in [0.25, 0.3) is 0 Å². The summed E-state index contributed by atoms with van der Waals surface area (Å²) in [5, 5.41) is 0.975. The van der Waals surface area contributed by atoms with E-state index in [1.807, 2.05) is 30.3 Å². The predicted molar refractivity (Wildman–Crippen MR) is 189 cm³/mol. The molecule has 2 aromatic rings. The fourth-order valence-corrected chi connectivity index (χ4v) is 7.11. The Hall–Kier alpha value is -2.14. The Morgan fingerprint density at radius 1 is 0.886 bits per heavy atom. The maximum Gasteiger partial charge on any atom is 0.305 e. The molecule has 0 saturated carbocycles. The van der Waals surface area contributed by atoms with Gasteiger partial charge in [-0.1, -0.05) is 91.7 Å². The number of nitrogens with zero attached hydrogens (tertiary/aromatic N) is 1. The zero-order valence-corrected chi connectivity index (χ0v) is 31.6. The van der Waals surface area contributed by atoms with Gasteiger partial charge in [0.05, 0.1) is 24.8 Å². The molecular formula is C36H59NO5Si2. The number of carbonyl (C=O) groups is 2. The van der Waals surface area contributed by atoms with Crippen molar-refractivity contribution in [3.8, 4) is 0 Å². The van der Waals surface area contributed by atoms with Gasteiger partial charge in [-0.15, -0.1) is 0 Å². The maximum absolute atomic E-state index is 13.5. The number of esters is 1. The predicted octanol–water partition coefficient (Wildman–Crippen LogP) is 10.1. The van der Waals surface area contributed by atoms with E-state index in [2.05, 4.69) is 86.8 Å². The molecular weight excluding hydrogens is 583 g/mol. The monoisotopic (exact) mass is 641 g/mol. The Labute approximate surface area is 269 Å². The molecule has 2 rings (SSSR count). The molecule has 0 aliphatic heterocycles. The number of unbranched alkanes of at least 4 members (excludes halogenated alkanes) is 2. The third-order valence-electron chi connectivity index (χ3n) is 9.44. The lowest BCUT2D eigenvalue weighted by Crippen LogP contribution is -2.51. The van der Waals surface area contributed by atoms with Crippen LogP contribution in [0.25, 0.3) is 17.0 Å². The first-order chi connectivity index (χ1) is 20.3. The zero-order chi connectivity index (χ0) is 33.3. The molecule has 8 heteroatoms. The molecule has 0 bridgehead atoms. The molecule has 246 valence electrons. The molecule has 0 aliphatic carbocycles. The van der Waals surface area contributed by atoms with Crippen LogP contribution >= 0.6 is 0 Å². The third kappa shape index (κ3) is 10.7. The molecule has 0 saturated heterocycles. The number of ketones is 1. The van der Waals surface area contributed by atoms with Crippen LogP contribution in [0.15, 0.2) is 36.4 Å². The van der Waals surface area contributed by atoms with Gasteiger partial charge in [0, 0.05) is 23.8 Å². The van der Waals surface area contributed by atoms with Crippen LogP contribution in [0.2, 0.25) is 36.3 Å². The average Bonchev–Trinajstić information content (AvgIpc) is 2.92. The number of pyridine rings is 1. The second kappa shape index (κ2) is 15.9. The van der Waals surface area contributed by atoms with Crippen molar-refractivity contribution < 1.29 is 23.2 Å². The van der Waals surface area contributed by atoms with E-state index in [-0.39, 0.29) is 34.0 Å². The lowest BCUT2D eigenvalue weighted by atomic mass is 10.0. The first kappa shape index (κ1) is 38.0. The number of Topliss-reactive ketones (excluding diaryl/α,β-unsaturated/α-hetero) is 1. The van der Waals surface area contributed by atoms with Crippen molar-refractivity contribution in [2.75, 3.05) is 7.11 Å². The van der Waals surface area contributed by atoms with E-state index in [1.165, 1.54) is 7.11 Å². The standard InChI is InChI=1S/C36H59NO5Si2/c1-13-14-15-21-30(38)34-28(26-27-19-16-17-20-29(27)37-34)24-25-32(42-44(11,12)36(5,6)7)31(22-18-23-33(39)40-8)41-43(9,10)35(2,3)4/h16-17,19-20,24-26,31-32H,13-15,18,21-23H2,1-12H3/b25-24+. The minimum Gasteiger partial charge on any atom is -0.469 e. The van der Waals surface area contributed by atoms with Crippen LogP contribution in [-0.4, -0.2) is 52.7 Å². The normalized spacial score (nSPS) is 14.6. The van der Waals surface area contributed by atoms with Crippen molar-refractivity contribution in [3.63, 3.8) is 0 Å². The van der Waals surface area contributed by atoms with Gasteiger partial charge in [0.2, 0.25) is 0 Å². The number of aromatic nitrogens is 1. The van der Waals surface area contributed by atoms with E-state index in [0.29, 0.717) is 31.4 Å². The summed E-state index contributed by atoms with van der Waals surface area (Å²) in [7, 11) is -3.03. The summed E-state index contributed by atoms with van der Waals surface area (Å²) in [5.41, 5.74) is 2.13. The highest BCUT2D eigenvalue weighted by atomic mass is 28.4. The summed E-state index contributed by atoms with van der Waals surface area (Å²) in [6, 6.07) is 10.0. The summed E-state index contributed by atoms with van der Waals surface area (Å²) in [4.78, 5) is 30.4. The Bertz CT molecular complexity index is 1270. The first-order valence-electron chi connectivity index (χ1n) is 16.4. The number of carbonyl (C=O) groups excluding carboxylic acids is 2. The van der Waals surface area contributed by atoms with Crippen LogP contribution in [0.1, 0.15) is 109 Å². The molecule has 2 unspecified atom stereocenters. The molecule has 1 heterocycles. The first-order valence-corrected chi connectivity index (χ1v) is 22.2. The van der Waals surface area contributed by atoms with Crippen LogP contribution in [0, 0.1) is 0 Å². The number of para-hydroxylation sites is 1. The molecule has 6 nitrogen and oxygen atoms in total. The lowest BCUT2D eigenvalue weighted by Gasteiger charge is -2.44. The Kier molecular flexibility index (Phi) is 13.8. The summed E-state index contributed by atoms with van der Waals surface area (Å²) < 4.78 is 19.2. The molecule has 1 aromatic heterocycles. The van der Waals surface area contributed by atoms with Crippen LogP contribution < -0.4 is 0 Å². The Morgan fingerprint density at radius 2 is 1.50 bits per heavy atom. The fourth-order valence-electron chi connectivity index (χ4n) is 4.49. The Balaban J connectivity index is 2.66. The molecule has 0 N–H and O–H groups in total. The zero-order valence-electron chi connectivity index (χ0n) is 29.6. The van der Waals surface area contributed by atoms with Crippen molar-refractivity contribution in [2.24, 2.45) is 0 Å². The molecule has 2 atom stereocenters. The summed E-state index contributed by atoms with van der Waals surface area (Å²) in [6.45, 7) is 24.6. The number of methoxy groups -OCH3 is 1. The lowest BCUT2D eigenvalue weighted by molar-refractivity contribution is -0.140. The SMILES string of the molecule is CCCCCC(=O)c1nc2ccccc2cc1/C=C/C(O[Si](C)(C)C(C)(C)C)C(CCCC(=O)OC)O[Si](C)(C)C(C)(C)C. The highest BCUT2D eigenvalue weighted by Crippen LogP contribution is 2.41. The Morgan fingerprint density at radius 3 is 2.09 bits per heavy atom. The molecule has 0 radical (unpaired) electrons. The minimum absolute atomic E-state index is 0.000813. The molecule has 0 aliphatic rings. The number of benzene rings is 1. The smallest absolute Gasteiger partial charge is 0.305 e. The number of rotatable bonds is 16. The van der Waals surface area contributed by atoms with Gasteiger partial charge < -0.3 is 13.6 Å². The minimum atomic E-state index is -2.25. The summed E-state index contributed by atoms with van der Waals surface area (Å²) in [5.74, 6) is -0.153. The molecule has 0 spiro atoms. The van der Waals surface area contributed by atoms with Crippen molar-refractivity contribution in [1.82, 2.24) is 4.98 Å². The van der Waals surface area contributed by atoms with Crippen molar-refractivity contribution in [3.05, 3.63) is 47.7 Å². The van der Waals surface area contributed by atoms with Gasteiger partial charge in [0.1, 0.15) is 5.69 Å². The van der Waals surface area contributed by atoms with E-state index in [4.69, 9.17) is 18.6 Å². The fraction of sp³-hybridized carbons (Fsp3) is 0.639. The number of hydrogen-bond donors (Lipinski definition) is 0. The topological polar surface area (TPSA) is 74.7 Å². The molecule has 0 amide bonds. The molecule has 1 aromatic carbocycles. The number of fused-ring (bicyclic) bond motifs is 1. The van der Waals surface area contributed by atoms with Gasteiger partial charge in [-0.25, -0.2) is 4.98 Å². The highest BCUT2D eigenvalue weighted by Gasteiger charge is 2.44. The average molecular weight is 642 g/mol. The summed E-state index contributed by atoms with van der Waals surface area (Å²) in [6.07, 6.45) is 8.52. The van der Waals surface area contributed by atoms with E-state index in [9.17, 15) is 9.59 Å². The van der Waals surface area contributed by atoms with E-state index < -0.39 is 16.6 Å². The van der Waals surface area contributed by atoms with Crippen molar-refractivity contribution in [1.29, 1.82) is 0 Å². The molecule has 0 fully saturated rings. The van der Waals surface area contributed by atoms with Gasteiger partial charge in [-0.3, -0.25) is 9.59 Å². The number of ether oxygens (including phenoxy) is 1. The summed E-state index contributed by atoms with van der Waals surface area (Å²) >= 11 is 0. The van der Waals surface area contributed by atoms with Crippen molar-refractivity contribution in [2.45, 2.75) is 142 Å². The van der Waals surface area contributed by atoms with Gasteiger partial charge in [-0.05, 0) is 67.7 Å². The van der Waals surface area contributed by atoms with Gasteiger partial charge >= 0.3 is 5.97 Å². The van der Waals surface area contributed by atoms with E-state index in [0.717, 1.165) is 35.7 Å². The number of hydrogen-bond acceptors (Lipinski definition) is 6. The quantitative estimate of drug-likeness (QED) is 0.0786. The second-order valence-corrected chi connectivity index (χ2v) is 24.6. The van der Waals surface area contributed by atoms with Gasteiger partial charge in [0.15, 0.2) is 22.4 Å². The van der Waals surface area contributed by atoms with Gasteiger partial charge in [-0.2, -0.15) is 0 Å². The second-order valence-electron chi connectivity index (χ2n) is 15.1. The van der Waals surface area contributed by atoms with Crippen molar-refractivity contribution >= 4 is 45.4 Å². The third-order valence-corrected chi connectivity index (χ3v) is 18.4. The largest absolute Gasteiger partial charge is 0.469 e. The molecule has 44 heavy (non-hydrogen) atoms.